The summed E-state index contributed by atoms with van der Waals surface area (Å²) in [5.41, 5.74) is -2.37. The summed E-state index contributed by atoms with van der Waals surface area (Å²) in [5, 5.41) is 12.7. The van der Waals surface area contributed by atoms with Gasteiger partial charge in [0, 0.05) is 6.54 Å². The second kappa shape index (κ2) is 5.37. The topological polar surface area (TPSA) is 49.3 Å². The summed E-state index contributed by atoms with van der Waals surface area (Å²) in [5.74, 6) is -1.95. The highest BCUT2D eigenvalue weighted by Gasteiger charge is 2.57. The maximum absolute atomic E-state index is 12.9. The van der Waals surface area contributed by atoms with Gasteiger partial charge in [0.05, 0.1) is 0 Å². The third-order valence-corrected chi connectivity index (χ3v) is 3.51. The number of alkyl halides is 3. The van der Waals surface area contributed by atoms with Crippen LogP contribution in [0, 0.1) is 0 Å². The molecule has 2 aromatic carbocycles. The first kappa shape index (κ1) is 15.3. The maximum Gasteiger partial charge on any atom is 0.417 e. The minimum absolute atomic E-state index is 0.191. The molecule has 0 bridgehead atoms. The standard InChI is InChI=1S/C15H14F3NO2/c1-14(13(20)21,15(16,17)18)19-9-11-7-4-6-10-5-2-3-8-12(10)11/h2-8,19H,9H2,1H3,(H,20,21). The van der Waals surface area contributed by atoms with Crippen LogP contribution in [-0.4, -0.2) is 22.8 Å². The van der Waals surface area contributed by atoms with Crippen molar-refractivity contribution >= 4 is 16.7 Å². The van der Waals surface area contributed by atoms with Crippen LogP contribution in [0.1, 0.15) is 12.5 Å². The van der Waals surface area contributed by atoms with Gasteiger partial charge in [0.1, 0.15) is 0 Å². The van der Waals surface area contributed by atoms with Gasteiger partial charge < -0.3 is 5.11 Å². The molecule has 0 saturated heterocycles. The summed E-state index contributed by atoms with van der Waals surface area (Å²) in [6, 6.07) is 12.5. The Labute approximate surface area is 119 Å². The van der Waals surface area contributed by atoms with Crippen molar-refractivity contribution in [3.63, 3.8) is 0 Å². The van der Waals surface area contributed by atoms with Crippen molar-refractivity contribution in [1.82, 2.24) is 5.32 Å². The van der Waals surface area contributed by atoms with Crippen molar-refractivity contribution < 1.29 is 23.1 Å². The van der Waals surface area contributed by atoms with Crippen LogP contribution in [0.5, 0.6) is 0 Å². The summed E-state index contributed by atoms with van der Waals surface area (Å²) in [6.07, 6.45) is -4.89. The summed E-state index contributed by atoms with van der Waals surface area (Å²) < 4.78 is 38.8. The molecule has 21 heavy (non-hydrogen) atoms. The molecule has 0 saturated carbocycles. The van der Waals surface area contributed by atoms with E-state index in [4.69, 9.17) is 5.11 Å². The van der Waals surface area contributed by atoms with Gasteiger partial charge in [0.2, 0.25) is 5.54 Å². The monoisotopic (exact) mass is 297 g/mol. The zero-order chi connectivity index (χ0) is 15.7. The van der Waals surface area contributed by atoms with Crippen molar-refractivity contribution in [2.24, 2.45) is 0 Å². The first-order valence-electron chi connectivity index (χ1n) is 6.27. The molecule has 0 aromatic heterocycles. The van der Waals surface area contributed by atoms with Crippen molar-refractivity contribution in [3.05, 3.63) is 48.0 Å². The van der Waals surface area contributed by atoms with Gasteiger partial charge in [-0.3, -0.25) is 5.32 Å². The average Bonchev–Trinajstić information content (AvgIpc) is 2.43. The van der Waals surface area contributed by atoms with Crippen LogP contribution in [0.3, 0.4) is 0 Å². The lowest BCUT2D eigenvalue weighted by Crippen LogP contribution is -2.59. The van der Waals surface area contributed by atoms with Crippen LogP contribution in [-0.2, 0) is 11.3 Å². The quantitative estimate of drug-likeness (QED) is 0.910. The Bertz CT molecular complexity index is 664. The largest absolute Gasteiger partial charge is 0.480 e. The highest BCUT2D eigenvalue weighted by molar-refractivity contribution is 5.85. The van der Waals surface area contributed by atoms with Crippen molar-refractivity contribution in [2.75, 3.05) is 0 Å². The van der Waals surface area contributed by atoms with E-state index in [-0.39, 0.29) is 6.54 Å². The van der Waals surface area contributed by atoms with E-state index >= 15 is 0 Å². The smallest absolute Gasteiger partial charge is 0.417 e. The lowest BCUT2D eigenvalue weighted by Gasteiger charge is -2.29. The number of hydrogen-bond donors (Lipinski definition) is 2. The van der Waals surface area contributed by atoms with E-state index in [0.29, 0.717) is 12.5 Å². The zero-order valence-electron chi connectivity index (χ0n) is 11.2. The fraction of sp³-hybridized carbons (Fsp3) is 0.267. The van der Waals surface area contributed by atoms with Crippen LogP contribution < -0.4 is 5.32 Å². The van der Waals surface area contributed by atoms with E-state index in [9.17, 15) is 18.0 Å². The lowest BCUT2D eigenvalue weighted by atomic mass is 10.00. The number of carboxylic acids is 1. The number of halogens is 3. The minimum atomic E-state index is -4.89. The molecule has 2 rings (SSSR count). The van der Waals surface area contributed by atoms with Gasteiger partial charge in [0.25, 0.3) is 0 Å². The first-order chi connectivity index (χ1) is 9.75. The van der Waals surface area contributed by atoms with E-state index in [0.717, 1.165) is 10.8 Å². The Balaban J connectivity index is 2.31. The zero-order valence-corrected chi connectivity index (χ0v) is 11.2. The third-order valence-electron chi connectivity index (χ3n) is 3.51. The average molecular weight is 297 g/mol. The molecule has 0 heterocycles. The first-order valence-corrected chi connectivity index (χ1v) is 6.27. The van der Waals surface area contributed by atoms with Crippen LogP contribution in [0.25, 0.3) is 10.8 Å². The second-order valence-corrected chi connectivity index (χ2v) is 4.92. The van der Waals surface area contributed by atoms with Gasteiger partial charge in [-0.05, 0) is 23.3 Å². The van der Waals surface area contributed by atoms with Gasteiger partial charge in [0.15, 0.2) is 0 Å². The highest BCUT2D eigenvalue weighted by atomic mass is 19.4. The Morgan fingerprint density at radius 3 is 2.38 bits per heavy atom. The summed E-state index contributed by atoms with van der Waals surface area (Å²) in [6.45, 7) is 0.435. The van der Waals surface area contributed by atoms with Crippen LogP contribution >= 0.6 is 0 Å². The van der Waals surface area contributed by atoms with Gasteiger partial charge >= 0.3 is 12.1 Å². The Morgan fingerprint density at radius 1 is 1.14 bits per heavy atom. The molecule has 2 N–H and O–H groups in total. The number of carbonyl (C=O) groups is 1. The fourth-order valence-corrected chi connectivity index (χ4v) is 2.02. The molecule has 0 radical (unpaired) electrons. The predicted molar refractivity (Wildman–Crippen MR) is 72.9 cm³/mol. The second-order valence-electron chi connectivity index (χ2n) is 4.92. The number of rotatable bonds is 4. The van der Waals surface area contributed by atoms with Crippen molar-refractivity contribution in [1.29, 1.82) is 0 Å². The highest BCUT2D eigenvalue weighted by Crippen LogP contribution is 2.31. The number of benzene rings is 2. The van der Waals surface area contributed by atoms with E-state index in [1.165, 1.54) is 0 Å². The molecule has 2 aromatic rings. The Kier molecular flexibility index (Phi) is 3.91. The number of nitrogens with one attached hydrogen (secondary N) is 1. The molecule has 3 nitrogen and oxygen atoms in total. The molecule has 0 fully saturated rings. The summed E-state index contributed by atoms with van der Waals surface area (Å²) in [4.78, 5) is 11.0. The van der Waals surface area contributed by atoms with Crippen LogP contribution in [0.4, 0.5) is 13.2 Å². The molecule has 1 atom stereocenters. The van der Waals surface area contributed by atoms with Gasteiger partial charge in [-0.2, -0.15) is 13.2 Å². The molecule has 0 aliphatic carbocycles. The number of carboxylic acid groups (broad SMARTS) is 1. The number of hydrogen-bond acceptors (Lipinski definition) is 2. The van der Waals surface area contributed by atoms with Gasteiger partial charge in [-0.1, -0.05) is 42.5 Å². The Hall–Kier alpha value is -2.08. The van der Waals surface area contributed by atoms with Crippen molar-refractivity contribution in [3.8, 4) is 0 Å². The molecular formula is C15H14F3NO2. The van der Waals surface area contributed by atoms with Crippen LogP contribution in [0.15, 0.2) is 42.5 Å². The number of fused-ring (bicyclic) bond motifs is 1. The van der Waals surface area contributed by atoms with Crippen molar-refractivity contribution in [2.45, 2.75) is 25.2 Å². The normalized spacial score (nSPS) is 14.9. The SMILES string of the molecule is CC(NCc1cccc2ccccc12)(C(=O)O)C(F)(F)F. The molecule has 0 aliphatic heterocycles. The molecule has 6 heteroatoms. The van der Waals surface area contributed by atoms with Crippen LogP contribution in [0.2, 0.25) is 0 Å². The van der Waals surface area contributed by atoms with E-state index in [1.807, 2.05) is 18.2 Å². The molecule has 0 spiro atoms. The van der Waals surface area contributed by atoms with Gasteiger partial charge in [-0.15, -0.1) is 0 Å². The maximum atomic E-state index is 12.9. The molecule has 0 amide bonds. The molecule has 112 valence electrons. The Morgan fingerprint density at radius 2 is 1.76 bits per heavy atom. The van der Waals surface area contributed by atoms with E-state index in [1.54, 1.807) is 24.3 Å². The van der Waals surface area contributed by atoms with E-state index < -0.39 is 17.7 Å². The summed E-state index contributed by atoms with van der Waals surface area (Å²) >= 11 is 0. The van der Waals surface area contributed by atoms with E-state index in [2.05, 4.69) is 5.32 Å². The number of aliphatic carboxylic acids is 1. The molecule has 1 unspecified atom stereocenters. The predicted octanol–water partition coefficient (Wildman–Crippen LogP) is 3.34. The molecule has 0 aliphatic rings. The third kappa shape index (κ3) is 2.85. The lowest BCUT2D eigenvalue weighted by molar-refractivity contribution is -0.206. The fourth-order valence-electron chi connectivity index (χ4n) is 2.02. The molecular weight excluding hydrogens is 283 g/mol. The minimum Gasteiger partial charge on any atom is -0.480 e. The summed E-state index contributed by atoms with van der Waals surface area (Å²) in [7, 11) is 0. The van der Waals surface area contributed by atoms with Gasteiger partial charge in [-0.25, -0.2) is 4.79 Å².